The number of carbonyl (C=O) groups excluding carboxylic acids is 1. The molecule has 7 nitrogen and oxygen atoms in total. The molecule has 0 aromatic heterocycles. The van der Waals surface area contributed by atoms with Crippen LogP contribution in [0.15, 0.2) is 41.3 Å². The van der Waals surface area contributed by atoms with Gasteiger partial charge in [0.25, 0.3) is 10.1 Å². The van der Waals surface area contributed by atoms with Gasteiger partial charge in [-0.2, -0.15) is 8.42 Å². The van der Waals surface area contributed by atoms with Crippen LogP contribution in [0, 0.1) is 0 Å². The molecule has 0 spiro atoms. The summed E-state index contributed by atoms with van der Waals surface area (Å²) in [6.45, 7) is 0. The van der Waals surface area contributed by atoms with Crippen LogP contribution in [0.25, 0.3) is 0 Å². The van der Waals surface area contributed by atoms with Crippen molar-refractivity contribution in [2.45, 2.75) is 4.90 Å². The van der Waals surface area contributed by atoms with E-state index in [1.165, 1.54) is 18.2 Å². The molecule has 0 radical (unpaired) electrons. The first-order valence-electron chi connectivity index (χ1n) is 6.11. The summed E-state index contributed by atoms with van der Waals surface area (Å²) in [5.41, 5.74) is -1.07. The Morgan fingerprint density at radius 2 is 1.67 bits per heavy atom. The van der Waals surface area contributed by atoms with Crippen LogP contribution in [0.1, 0.15) is 20.7 Å². The number of ether oxygens (including phenoxy) is 1. The molecule has 0 unspecified atom stereocenters. The van der Waals surface area contributed by atoms with Crippen LogP contribution in [0.2, 0.25) is 10.0 Å². The van der Waals surface area contributed by atoms with Crippen molar-refractivity contribution in [3.63, 3.8) is 0 Å². The fourth-order valence-corrected chi connectivity index (χ4v) is 2.71. The second-order valence-corrected chi connectivity index (χ2v) is 6.72. The van der Waals surface area contributed by atoms with Gasteiger partial charge in [0.1, 0.15) is 5.75 Å². The van der Waals surface area contributed by atoms with Crippen molar-refractivity contribution >= 4 is 45.3 Å². The molecule has 0 aliphatic heterocycles. The van der Waals surface area contributed by atoms with E-state index in [-0.39, 0.29) is 10.8 Å². The van der Waals surface area contributed by atoms with Gasteiger partial charge >= 0.3 is 11.9 Å². The van der Waals surface area contributed by atoms with E-state index in [0.29, 0.717) is 11.1 Å². The molecule has 0 fully saturated rings. The fraction of sp³-hybridized carbons (Fsp3) is 0. The Hall–Kier alpha value is -2.13. The minimum Gasteiger partial charge on any atom is -0.478 e. The van der Waals surface area contributed by atoms with Gasteiger partial charge in [0.15, 0.2) is 0 Å². The molecule has 2 aromatic rings. The zero-order chi connectivity index (χ0) is 18.1. The molecule has 0 saturated heterocycles. The second kappa shape index (κ2) is 6.78. The summed E-state index contributed by atoms with van der Waals surface area (Å²) < 4.78 is 36.1. The Kier molecular flexibility index (Phi) is 5.14. The van der Waals surface area contributed by atoms with Gasteiger partial charge in [-0.1, -0.05) is 23.2 Å². The van der Waals surface area contributed by atoms with Crippen LogP contribution in [0.5, 0.6) is 5.75 Å². The van der Waals surface area contributed by atoms with Crippen LogP contribution in [-0.2, 0) is 10.1 Å². The summed E-state index contributed by atoms with van der Waals surface area (Å²) in [4.78, 5) is 22.7. The molecular weight excluding hydrogens is 383 g/mol. The third-order valence-corrected chi connectivity index (χ3v) is 4.22. The number of hydrogen-bond acceptors (Lipinski definition) is 5. The van der Waals surface area contributed by atoms with Crippen molar-refractivity contribution in [3.8, 4) is 5.75 Å². The number of carboxylic acid groups (broad SMARTS) is 1. The second-order valence-electron chi connectivity index (χ2n) is 4.45. The molecule has 2 rings (SSSR count). The van der Waals surface area contributed by atoms with E-state index < -0.39 is 38.1 Å². The lowest BCUT2D eigenvalue weighted by Crippen LogP contribution is -2.15. The van der Waals surface area contributed by atoms with Crippen molar-refractivity contribution in [1.29, 1.82) is 0 Å². The first kappa shape index (κ1) is 18.2. The van der Waals surface area contributed by atoms with Gasteiger partial charge in [-0.05, 0) is 36.4 Å². The van der Waals surface area contributed by atoms with E-state index in [1.807, 2.05) is 0 Å². The number of aromatic carboxylic acids is 1. The summed E-state index contributed by atoms with van der Waals surface area (Å²) in [5.74, 6) is -2.70. The van der Waals surface area contributed by atoms with Gasteiger partial charge in [-0.15, -0.1) is 0 Å². The molecule has 126 valence electrons. The smallest absolute Gasteiger partial charge is 0.344 e. The lowest BCUT2D eigenvalue weighted by molar-refractivity contribution is 0.0667. The zero-order valence-electron chi connectivity index (χ0n) is 11.6. The summed E-state index contributed by atoms with van der Waals surface area (Å²) in [5, 5.41) is 9.47. The number of carbonyl (C=O) groups is 2. The zero-order valence-corrected chi connectivity index (χ0v) is 13.9. The SMILES string of the molecule is O=C(O)c1cc(S(=O)(=O)O)ccc1C(=O)Oc1ccc(Cl)cc1Cl. The predicted molar refractivity (Wildman–Crippen MR) is 84.6 cm³/mol. The van der Waals surface area contributed by atoms with Gasteiger partial charge in [-0.25, -0.2) is 9.59 Å². The maximum Gasteiger partial charge on any atom is 0.344 e. The molecular formula is C14H8Cl2O7S. The van der Waals surface area contributed by atoms with E-state index in [0.717, 1.165) is 12.1 Å². The lowest BCUT2D eigenvalue weighted by atomic mass is 10.1. The normalized spacial score (nSPS) is 11.1. The predicted octanol–water partition coefficient (Wildman–Crippen LogP) is 3.16. The Balaban J connectivity index is 2.43. The molecule has 0 atom stereocenters. The Morgan fingerprint density at radius 1 is 1.00 bits per heavy atom. The van der Waals surface area contributed by atoms with Gasteiger partial charge in [-0.3, -0.25) is 4.55 Å². The molecule has 2 aromatic carbocycles. The average molecular weight is 391 g/mol. The van der Waals surface area contributed by atoms with E-state index in [9.17, 15) is 18.0 Å². The van der Waals surface area contributed by atoms with Crippen LogP contribution < -0.4 is 4.74 Å². The van der Waals surface area contributed by atoms with Gasteiger partial charge in [0.05, 0.1) is 21.0 Å². The third-order valence-electron chi connectivity index (χ3n) is 2.84. The lowest BCUT2D eigenvalue weighted by Gasteiger charge is -2.09. The minimum absolute atomic E-state index is 0.0299. The largest absolute Gasteiger partial charge is 0.478 e. The van der Waals surface area contributed by atoms with Gasteiger partial charge < -0.3 is 9.84 Å². The molecule has 24 heavy (non-hydrogen) atoms. The van der Waals surface area contributed by atoms with Crippen molar-refractivity contribution < 1.29 is 32.4 Å². The summed E-state index contributed by atoms with van der Waals surface area (Å²) >= 11 is 11.6. The Labute approximate surface area is 146 Å². The van der Waals surface area contributed by atoms with E-state index in [2.05, 4.69) is 0 Å². The molecule has 0 heterocycles. The number of benzene rings is 2. The first-order chi connectivity index (χ1) is 11.1. The van der Waals surface area contributed by atoms with Crippen molar-refractivity contribution in [3.05, 3.63) is 57.6 Å². The fourth-order valence-electron chi connectivity index (χ4n) is 1.75. The molecule has 2 N–H and O–H groups in total. The third kappa shape index (κ3) is 4.04. The molecule has 0 aliphatic rings. The average Bonchev–Trinajstić information content (AvgIpc) is 2.48. The van der Waals surface area contributed by atoms with Crippen molar-refractivity contribution in [2.75, 3.05) is 0 Å². The van der Waals surface area contributed by atoms with Crippen LogP contribution in [-0.4, -0.2) is 30.0 Å². The number of hydrogen-bond donors (Lipinski definition) is 2. The number of halogens is 2. The topological polar surface area (TPSA) is 118 Å². The standard InChI is InChI=1S/C14H8Cl2O7S/c15-7-1-4-12(11(16)5-7)23-14(19)9-3-2-8(24(20,21)22)6-10(9)13(17)18/h1-6H,(H,17,18)(H,20,21,22). The number of esters is 1. The Morgan fingerprint density at radius 3 is 2.21 bits per heavy atom. The highest BCUT2D eigenvalue weighted by molar-refractivity contribution is 7.85. The van der Waals surface area contributed by atoms with Crippen LogP contribution in [0.3, 0.4) is 0 Å². The highest BCUT2D eigenvalue weighted by atomic mass is 35.5. The van der Waals surface area contributed by atoms with E-state index in [4.69, 9.17) is 37.6 Å². The highest BCUT2D eigenvalue weighted by Gasteiger charge is 2.22. The Bertz CT molecular complexity index is 938. The molecule has 0 amide bonds. The monoisotopic (exact) mass is 390 g/mol. The van der Waals surface area contributed by atoms with Crippen molar-refractivity contribution in [2.24, 2.45) is 0 Å². The highest BCUT2D eigenvalue weighted by Crippen LogP contribution is 2.28. The molecule has 0 bridgehead atoms. The van der Waals surface area contributed by atoms with Crippen LogP contribution in [0.4, 0.5) is 0 Å². The molecule has 10 heteroatoms. The molecule has 0 saturated carbocycles. The quantitative estimate of drug-likeness (QED) is 0.467. The van der Waals surface area contributed by atoms with E-state index >= 15 is 0 Å². The van der Waals surface area contributed by atoms with E-state index in [1.54, 1.807) is 0 Å². The maximum absolute atomic E-state index is 12.1. The first-order valence-corrected chi connectivity index (χ1v) is 8.31. The number of carboxylic acids is 1. The minimum atomic E-state index is -4.62. The summed E-state index contributed by atoms with van der Waals surface area (Å²) in [6.07, 6.45) is 0. The van der Waals surface area contributed by atoms with Crippen LogP contribution >= 0.6 is 23.2 Å². The summed E-state index contributed by atoms with van der Waals surface area (Å²) in [6, 6.07) is 6.49. The number of rotatable bonds is 4. The van der Waals surface area contributed by atoms with Gasteiger partial charge in [0.2, 0.25) is 0 Å². The van der Waals surface area contributed by atoms with Crippen molar-refractivity contribution in [1.82, 2.24) is 0 Å². The maximum atomic E-state index is 12.1. The molecule has 0 aliphatic carbocycles. The van der Waals surface area contributed by atoms with Gasteiger partial charge in [0, 0.05) is 5.02 Å². The summed E-state index contributed by atoms with van der Waals surface area (Å²) in [7, 11) is -4.62.